The van der Waals surface area contributed by atoms with Gasteiger partial charge >= 0.3 is 0 Å². The third kappa shape index (κ3) is 3.85. The minimum absolute atomic E-state index is 0.0712. The van der Waals surface area contributed by atoms with Crippen molar-refractivity contribution in [3.63, 3.8) is 0 Å². The number of carbonyl (C=O) groups excluding carboxylic acids is 3. The average molecular weight is 254 g/mol. The molecule has 0 aliphatic heterocycles. The predicted octanol–water partition coefficient (Wildman–Crippen LogP) is 2.21. The lowest BCUT2D eigenvalue weighted by Crippen LogP contribution is -2.10. The van der Waals surface area contributed by atoms with E-state index in [0.717, 1.165) is 5.56 Å². The van der Waals surface area contributed by atoms with E-state index in [1.165, 1.54) is 18.2 Å². The van der Waals surface area contributed by atoms with E-state index in [1.807, 2.05) is 30.3 Å². The van der Waals surface area contributed by atoms with Crippen LogP contribution in [0.25, 0.3) is 0 Å². The summed E-state index contributed by atoms with van der Waals surface area (Å²) in [5.74, 6) is -0.292. The summed E-state index contributed by atoms with van der Waals surface area (Å²) in [4.78, 5) is 34.4. The van der Waals surface area contributed by atoms with Crippen LogP contribution in [-0.2, 0) is 20.8 Å². The number of carbonyl (C=O) groups is 3. The van der Waals surface area contributed by atoms with Gasteiger partial charge in [-0.3, -0.25) is 14.4 Å². The largest absolute Gasteiger partial charge is 0.299 e. The highest BCUT2D eigenvalue weighted by Gasteiger charge is 2.14. The predicted molar refractivity (Wildman–Crippen MR) is 71.6 cm³/mol. The van der Waals surface area contributed by atoms with Crippen LogP contribution in [0.15, 0.2) is 54.1 Å². The number of hydrogen-bond donors (Lipinski definition) is 0. The molecule has 0 bridgehead atoms. The number of allylic oxidation sites excluding steroid dienone is 4. The monoisotopic (exact) mass is 254 g/mol. The van der Waals surface area contributed by atoms with Gasteiger partial charge in [-0.2, -0.15) is 0 Å². The maximum Gasteiger partial charge on any atom is 0.182 e. The first-order valence-electron chi connectivity index (χ1n) is 6.18. The Hall–Kier alpha value is -2.29. The summed E-state index contributed by atoms with van der Waals surface area (Å²) in [5.41, 5.74) is 1.39. The number of ketones is 3. The standard InChI is InChI=1S/C16H14O3/c17-14(10-12-4-2-1-3-5-12)7-6-13-11-15(18)8-9-16(13)19/h1-5,8-9,11H,6-7,10H2. The summed E-state index contributed by atoms with van der Waals surface area (Å²) in [6.07, 6.45) is 4.81. The zero-order chi connectivity index (χ0) is 13.7. The maximum atomic E-state index is 11.8. The Bertz CT molecular complexity index is 565. The molecule has 3 nitrogen and oxygen atoms in total. The van der Waals surface area contributed by atoms with Crippen molar-refractivity contribution in [2.24, 2.45) is 0 Å². The molecule has 1 aliphatic carbocycles. The Morgan fingerprint density at radius 2 is 1.74 bits per heavy atom. The fourth-order valence-corrected chi connectivity index (χ4v) is 1.94. The summed E-state index contributed by atoms with van der Waals surface area (Å²) in [6.45, 7) is 0. The molecule has 1 aliphatic rings. The van der Waals surface area contributed by atoms with Crippen LogP contribution in [0.1, 0.15) is 18.4 Å². The van der Waals surface area contributed by atoms with Crippen molar-refractivity contribution in [2.45, 2.75) is 19.3 Å². The van der Waals surface area contributed by atoms with Crippen LogP contribution in [0.4, 0.5) is 0 Å². The molecule has 3 heteroatoms. The van der Waals surface area contributed by atoms with E-state index >= 15 is 0 Å². The van der Waals surface area contributed by atoms with Crippen molar-refractivity contribution in [1.82, 2.24) is 0 Å². The lowest BCUT2D eigenvalue weighted by molar-refractivity contribution is -0.118. The average Bonchev–Trinajstić information content (AvgIpc) is 2.41. The molecule has 0 unspecified atom stereocenters. The number of Topliss-reactive ketones (excluding diaryl/α,β-unsaturated/α-hetero) is 1. The molecule has 0 radical (unpaired) electrons. The van der Waals surface area contributed by atoms with Crippen molar-refractivity contribution in [1.29, 1.82) is 0 Å². The van der Waals surface area contributed by atoms with Crippen LogP contribution >= 0.6 is 0 Å². The molecule has 0 aromatic heterocycles. The van der Waals surface area contributed by atoms with Gasteiger partial charge < -0.3 is 0 Å². The number of rotatable bonds is 5. The van der Waals surface area contributed by atoms with E-state index in [4.69, 9.17) is 0 Å². The number of hydrogen-bond acceptors (Lipinski definition) is 3. The second-order valence-corrected chi connectivity index (χ2v) is 4.47. The van der Waals surface area contributed by atoms with Gasteiger partial charge in [-0.25, -0.2) is 0 Å². The van der Waals surface area contributed by atoms with E-state index in [0.29, 0.717) is 18.4 Å². The van der Waals surface area contributed by atoms with E-state index in [1.54, 1.807) is 0 Å². The quantitative estimate of drug-likeness (QED) is 0.757. The highest BCUT2D eigenvalue weighted by Crippen LogP contribution is 2.13. The molecular weight excluding hydrogens is 240 g/mol. The smallest absolute Gasteiger partial charge is 0.182 e. The highest BCUT2D eigenvalue weighted by atomic mass is 16.1. The first-order valence-corrected chi connectivity index (χ1v) is 6.18. The first kappa shape index (κ1) is 13.1. The fraction of sp³-hybridized carbons (Fsp3) is 0.188. The van der Waals surface area contributed by atoms with Gasteiger partial charge in [-0.15, -0.1) is 0 Å². The third-order valence-corrected chi connectivity index (χ3v) is 2.95. The van der Waals surface area contributed by atoms with Crippen LogP contribution < -0.4 is 0 Å². The van der Waals surface area contributed by atoms with Gasteiger partial charge in [-0.1, -0.05) is 30.3 Å². The zero-order valence-electron chi connectivity index (χ0n) is 10.5. The van der Waals surface area contributed by atoms with Gasteiger partial charge in [0.1, 0.15) is 5.78 Å². The Kier molecular flexibility index (Phi) is 4.18. The normalized spacial score (nSPS) is 14.4. The van der Waals surface area contributed by atoms with Gasteiger partial charge in [0.15, 0.2) is 11.6 Å². The molecule has 0 heterocycles. The Labute approximate surface area is 111 Å². The lowest BCUT2D eigenvalue weighted by atomic mass is 9.96. The van der Waals surface area contributed by atoms with Gasteiger partial charge in [0.05, 0.1) is 0 Å². The number of benzene rings is 1. The summed E-state index contributed by atoms with van der Waals surface area (Å²) in [5, 5.41) is 0. The molecule has 0 amide bonds. The Morgan fingerprint density at radius 3 is 2.47 bits per heavy atom. The summed E-state index contributed by atoms with van der Waals surface area (Å²) in [6, 6.07) is 9.47. The molecule has 0 spiro atoms. The molecule has 0 atom stereocenters. The molecule has 19 heavy (non-hydrogen) atoms. The molecule has 0 saturated heterocycles. The zero-order valence-corrected chi connectivity index (χ0v) is 10.5. The van der Waals surface area contributed by atoms with E-state index < -0.39 is 0 Å². The van der Waals surface area contributed by atoms with Crippen LogP contribution in [0, 0.1) is 0 Å². The molecule has 2 rings (SSSR count). The van der Waals surface area contributed by atoms with Crippen molar-refractivity contribution in [2.75, 3.05) is 0 Å². The Morgan fingerprint density at radius 1 is 1.00 bits per heavy atom. The topological polar surface area (TPSA) is 51.2 Å². The van der Waals surface area contributed by atoms with Crippen molar-refractivity contribution in [3.8, 4) is 0 Å². The van der Waals surface area contributed by atoms with Crippen LogP contribution in [0.2, 0.25) is 0 Å². The second kappa shape index (κ2) is 6.05. The first-order chi connectivity index (χ1) is 9.15. The SMILES string of the molecule is O=C1C=CC(=O)C(CCC(=O)Cc2ccccc2)=C1. The highest BCUT2D eigenvalue weighted by molar-refractivity contribution is 6.17. The molecular formula is C16H14O3. The van der Waals surface area contributed by atoms with E-state index in [-0.39, 0.29) is 23.8 Å². The van der Waals surface area contributed by atoms with E-state index in [9.17, 15) is 14.4 Å². The maximum absolute atomic E-state index is 11.8. The van der Waals surface area contributed by atoms with Crippen molar-refractivity contribution >= 4 is 17.3 Å². The molecule has 0 fully saturated rings. The molecule has 0 saturated carbocycles. The molecule has 1 aromatic carbocycles. The van der Waals surface area contributed by atoms with Crippen molar-refractivity contribution in [3.05, 3.63) is 59.7 Å². The fourth-order valence-electron chi connectivity index (χ4n) is 1.94. The minimum atomic E-state index is -0.190. The van der Waals surface area contributed by atoms with Crippen molar-refractivity contribution < 1.29 is 14.4 Å². The molecule has 0 N–H and O–H groups in total. The van der Waals surface area contributed by atoms with E-state index in [2.05, 4.69) is 0 Å². The van der Waals surface area contributed by atoms with Crippen LogP contribution in [0.3, 0.4) is 0 Å². The van der Waals surface area contributed by atoms with Gasteiger partial charge in [0, 0.05) is 18.4 Å². The molecule has 1 aromatic rings. The van der Waals surface area contributed by atoms with Gasteiger partial charge in [-0.05, 0) is 30.2 Å². The lowest BCUT2D eigenvalue weighted by Gasteiger charge is -2.06. The summed E-state index contributed by atoms with van der Waals surface area (Å²) in [7, 11) is 0. The van der Waals surface area contributed by atoms with Gasteiger partial charge in [0.2, 0.25) is 0 Å². The molecule has 96 valence electrons. The summed E-state index contributed by atoms with van der Waals surface area (Å²) >= 11 is 0. The van der Waals surface area contributed by atoms with Gasteiger partial charge in [0.25, 0.3) is 0 Å². The summed E-state index contributed by atoms with van der Waals surface area (Å²) < 4.78 is 0. The van der Waals surface area contributed by atoms with Crippen LogP contribution in [-0.4, -0.2) is 17.3 Å². The van der Waals surface area contributed by atoms with Crippen LogP contribution in [0.5, 0.6) is 0 Å². The second-order valence-electron chi connectivity index (χ2n) is 4.47. The third-order valence-electron chi connectivity index (χ3n) is 2.95. The Balaban J connectivity index is 1.87. The minimum Gasteiger partial charge on any atom is -0.299 e.